The molecular weight excluding hydrogens is 244 g/mol. The Labute approximate surface area is 111 Å². The normalized spacial score (nSPS) is 13.8. The first-order valence-corrected chi connectivity index (χ1v) is 7.13. The van der Waals surface area contributed by atoms with E-state index in [4.69, 9.17) is 1.37 Å². The van der Waals surface area contributed by atoms with E-state index in [-0.39, 0.29) is 0 Å². The van der Waals surface area contributed by atoms with E-state index in [1.54, 1.807) is 24.3 Å². The highest BCUT2D eigenvalue weighted by molar-refractivity contribution is 7.92. The van der Waals surface area contributed by atoms with E-state index < -0.39 is 9.84 Å². The van der Waals surface area contributed by atoms with Crippen LogP contribution in [0.2, 0.25) is 0 Å². The molecule has 2 aromatic carbocycles. The van der Waals surface area contributed by atoms with Gasteiger partial charge in [-0.1, -0.05) is 57.6 Å². The van der Waals surface area contributed by atoms with Crippen molar-refractivity contribution < 1.29 is 9.79 Å². The monoisotopic (exact) mass is 263 g/mol. The molecule has 0 unspecified atom stereocenters. The lowest BCUT2D eigenvalue weighted by molar-refractivity contribution is 0.598. The van der Waals surface area contributed by atoms with Gasteiger partial charge in [-0.05, 0) is 12.1 Å². The third kappa shape index (κ3) is 1.95. The quantitative estimate of drug-likeness (QED) is 0.610. The zero-order valence-electron chi connectivity index (χ0n) is 11.8. The van der Waals surface area contributed by atoms with Gasteiger partial charge in [-0.3, -0.25) is 0 Å². The molecule has 96 valence electrons. The van der Waals surface area contributed by atoms with Gasteiger partial charge in [0.05, 0.1) is 9.79 Å². The van der Waals surface area contributed by atoms with Gasteiger partial charge in [0, 0.05) is 12.5 Å². The highest BCUT2D eigenvalue weighted by Crippen LogP contribution is 2.42. The van der Waals surface area contributed by atoms with Gasteiger partial charge in [0.25, 0.3) is 0 Å². The number of sulfone groups is 1. The summed E-state index contributed by atoms with van der Waals surface area (Å²) in [4.78, 5) is 0.845. The van der Waals surface area contributed by atoms with Gasteiger partial charge >= 0.3 is 0 Å². The van der Waals surface area contributed by atoms with Crippen LogP contribution >= 0.6 is 0 Å². The van der Waals surface area contributed by atoms with Crippen LogP contribution < -0.4 is 0 Å². The Hall–Kier alpha value is -1.61. The average molecular weight is 263 g/mol. The molecule has 0 amide bonds. The van der Waals surface area contributed by atoms with Gasteiger partial charge in [0.15, 0.2) is 0 Å². The van der Waals surface area contributed by atoms with Crippen LogP contribution in [0.25, 0.3) is 11.1 Å². The van der Waals surface area contributed by atoms with Crippen LogP contribution in [0, 0.1) is 0 Å². The molecule has 0 aliphatic carbocycles. The minimum absolute atomic E-state index is 0.422. The largest absolute Gasteiger partial charge is 0.218 e. The summed E-state index contributed by atoms with van der Waals surface area (Å²) in [5.41, 5.74) is 1.63. The van der Waals surface area contributed by atoms with Crippen LogP contribution in [0.15, 0.2) is 58.3 Å². The molecule has 18 heavy (non-hydrogen) atoms. The maximum atomic E-state index is 12.1. The Bertz CT molecular complexity index is 597. The fraction of sp³-hybridized carbons (Fsp3) is 0.200. The smallest absolute Gasteiger partial charge is 0.207 e. The molecule has 3 heteroatoms. The van der Waals surface area contributed by atoms with Crippen LogP contribution in [0.5, 0.6) is 0 Å². The summed E-state index contributed by atoms with van der Waals surface area (Å²) >= 11 is 0. The Kier molecular flexibility index (Phi) is 3.82. The molecule has 0 N–H and O–H groups in total. The lowest BCUT2D eigenvalue weighted by Crippen LogP contribution is -1.95. The molecular formula is C15H18O2S. The first-order chi connectivity index (χ1) is 9.21. The highest BCUT2D eigenvalue weighted by Gasteiger charge is 2.31. The summed E-state index contributed by atoms with van der Waals surface area (Å²) in [6, 6.07) is 14.2. The van der Waals surface area contributed by atoms with Crippen molar-refractivity contribution in [3.8, 4) is 11.1 Å². The second-order valence-corrected chi connectivity index (χ2v) is 5.38. The van der Waals surface area contributed by atoms with E-state index in [1.807, 2.05) is 38.1 Å². The van der Waals surface area contributed by atoms with E-state index >= 15 is 0 Å². The molecule has 1 aliphatic rings. The summed E-state index contributed by atoms with van der Waals surface area (Å²) in [5, 5.41) is 0. The first-order valence-electron chi connectivity index (χ1n) is 6.65. The lowest BCUT2D eigenvalue weighted by atomic mass is 10.1. The van der Waals surface area contributed by atoms with Crippen molar-refractivity contribution >= 4 is 9.84 Å². The number of fused-ring (bicyclic) bond motifs is 3. The molecule has 1 heterocycles. The van der Waals surface area contributed by atoms with Crippen molar-refractivity contribution in [2.75, 3.05) is 0 Å². The number of rotatable bonds is 0. The van der Waals surface area contributed by atoms with Gasteiger partial charge in [-0.25, -0.2) is 8.42 Å². The second-order valence-electron chi connectivity index (χ2n) is 3.50. The Morgan fingerprint density at radius 3 is 1.56 bits per heavy atom. The van der Waals surface area contributed by atoms with Gasteiger partial charge < -0.3 is 0 Å². The zero-order chi connectivity index (χ0) is 14.5. The maximum absolute atomic E-state index is 12.1. The van der Waals surface area contributed by atoms with E-state index in [2.05, 4.69) is 0 Å². The van der Waals surface area contributed by atoms with Crippen molar-refractivity contribution in [2.45, 2.75) is 31.0 Å². The molecule has 2 aromatic rings. The minimum Gasteiger partial charge on any atom is -0.218 e. The molecule has 0 spiro atoms. The van der Waals surface area contributed by atoms with Crippen molar-refractivity contribution in [2.24, 2.45) is 0 Å². The Balaban J connectivity index is 0.000000415. The fourth-order valence-electron chi connectivity index (χ4n) is 1.97. The SMILES string of the molecule is CC.O=S1(=O)c2ccccc2-c2ccccc21.[2H]C. The predicted octanol–water partition coefficient (Wildman–Crippen LogP) is 4.16. The summed E-state index contributed by atoms with van der Waals surface area (Å²) in [6.45, 7) is 4.00. The summed E-state index contributed by atoms with van der Waals surface area (Å²) in [6.07, 6.45) is 0. The van der Waals surface area contributed by atoms with Crippen LogP contribution in [-0.2, 0) is 9.84 Å². The number of benzene rings is 2. The van der Waals surface area contributed by atoms with Crippen molar-refractivity contribution in [3.05, 3.63) is 48.5 Å². The standard InChI is InChI=1S/C12H8O2S.C2H6.CH4/c13-15(14)11-7-3-1-5-9(11)10-6-2-4-8-12(10)15;1-2;/h1-8H;1-2H3;1H4/i;;1D. The first kappa shape index (κ1) is 12.8. The van der Waals surface area contributed by atoms with E-state index in [1.165, 1.54) is 7.40 Å². The average Bonchev–Trinajstić information content (AvgIpc) is 2.73. The third-order valence-corrected chi connectivity index (χ3v) is 4.51. The number of hydrogen-bond acceptors (Lipinski definition) is 2. The zero-order valence-corrected chi connectivity index (χ0v) is 11.7. The van der Waals surface area contributed by atoms with E-state index in [0.29, 0.717) is 9.79 Å². The molecule has 0 aromatic heterocycles. The lowest BCUT2D eigenvalue weighted by Gasteiger charge is -1.95. The molecule has 2 nitrogen and oxygen atoms in total. The van der Waals surface area contributed by atoms with Gasteiger partial charge in [-0.2, -0.15) is 0 Å². The molecule has 0 saturated carbocycles. The second kappa shape index (κ2) is 5.36. The molecule has 0 radical (unpaired) electrons. The molecule has 3 rings (SSSR count). The fourth-order valence-corrected chi connectivity index (χ4v) is 3.65. The Morgan fingerprint density at radius 2 is 1.17 bits per heavy atom. The molecule has 1 aliphatic heterocycles. The third-order valence-electron chi connectivity index (χ3n) is 2.64. The van der Waals surface area contributed by atoms with Crippen LogP contribution in [0.1, 0.15) is 22.6 Å². The maximum Gasteiger partial charge on any atom is 0.207 e. The molecule has 0 bridgehead atoms. The summed E-state index contributed by atoms with van der Waals surface area (Å²) in [5.74, 6) is 0. The van der Waals surface area contributed by atoms with Crippen molar-refractivity contribution in [3.63, 3.8) is 0 Å². The van der Waals surface area contributed by atoms with Crippen LogP contribution in [0.3, 0.4) is 0 Å². The van der Waals surface area contributed by atoms with E-state index in [0.717, 1.165) is 11.1 Å². The van der Waals surface area contributed by atoms with Gasteiger partial charge in [0.2, 0.25) is 9.84 Å². The van der Waals surface area contributed by atoms with Crippen molar-refractivity contribution in [1.29, 1.82) is 0 Å². The predicted molar refractivity (Wildman–Crippen MR) is 75.4 cm³/mol. The van der Waals surface area contributed by atoms with Crippen LogP contribution in [-0.4, -0.2) is 8.42 Å². The van der Waals surface area contributed by atoms with Gasteiger partial charge in [-0.15, -0.1) is 0 Å². The summed E-state index contributed by atoms with van der Waals surface area (Å²) < 4.78 is 29.9. The molecule has 0 fully saturated rings. The topological polar surface area (TPSA) is 34.1 Å². The van der Waals surface area contributed by atoms with E-state index in [9.17, 15) is 8.42 Å². The molecule has 0 atom stereocenters. The van der Waals surface area contributed by atoms with Crippen molar-refractivity contribution in [1.82, 2.24) is 0 Å². The Morgan fingerprint density at radius 1 is 0.833 bits per heavy atom. The summed E-state index contributed by atoms with van der Waals surface area (Å²) in [7, 11) is -2.01. The molecule has 0 saturated heterocycles. The highest BCUT2D eigenvalue weighted by atomic mass is 32.2. The number of hydrogen-bond donors (Lipinski definition) is 0. The minimum atomic E-state index is -3.26. The van der Waals surface area contributed by atoms with Gasteiger partial charge in [0.1, 0.15) is 0 Å². The van der Waals surface area contributed by atoms with Crippen LogP contribution in [0.4, 0.5) is 0 Å².